The molecule has 1 heterocycles. The van der Waals surface area contributed by atoms with E-state index in [4.69, 9.17) is 0 Å². The van der Waals surface area contributed by atoms with Crippen molar-refractivity contribution in [2.75, 3.05) is 19.6 Å². The minimum Gasteiger partial charge on any atom is -0.316 e. The molecule has 0 bridgehead atoms. The molecule has 2 aromatic rings. The summed E-state index contributed by atoms with van der Waals surface area (Å²) in [6.45, 7) is 8.54. The van der Waals surface area contributed by atoms with E-state index in [2.05, 4.69) is 52.0 Å². The zero-order valence-electron chi connectivity index (χ0n) is 11.7. The molecule has 0 fully saturated rings. The number of nitrogens with one attached hydrogen (secondary N) is 3. The maximum absolute atomic E-state index is 4.09. The van der Waals surface area contributed by atoms with E-state index in [0.717, 1.165) is 49.6 Å². The van der Waals surface area contributed by atoms with Crippen molar-refractivity contribution in [3.63, 3.8) is 0 Å². The summed E-state index contributed by atoms with van der Waals surface area (Å²) >= 11 is 0. The van der Waals surface area contributed by atoms with Gasteiger partial charge in [-0.1, -0.05) is 19.9 Å². The smallest absolute Gasteiger partial charge is 0.113 e. The second-order valence-electron chi connectivity index (χ2n) is 5.27. The number of aromatic amines is 1. The van der Waals surface area contributed by atoms with E-state index in [1.54, 1.807) is 0 Å². The van der Waals surface area contributed by atoms with Gasteiger partial charge in [-0.05, 0) is 49.7 Å². The number of fused-ring (bicyclic) bond motifs is 1. The van der Waals surface area contributed by atoms with Gasteiger partial charge >= 0.3 is 0 Å². The van der Waals surface area contributed by atoms with Gasteiger partial charge in [0.25, 0.3) is 0 Å². The standard InChI is InChI=1S/C14H23N5/c1-11(2)9-15-6-3-7-16-10-12-4-5-13-14(8-12)18-19-17-13/h4-5,8,11,15-16H,3,6-7,9-10H2,1-2H3,(H,17,18,19). The summed E-state index contributed by atoms with van der Waals surface area (Å²) in [5.74, 6) is 0.724. The Kier molecular flexibility index (Phi) is 5.30. The molecule has 0 saturated carbocycles. The zero-order chi connectivity index (χ0) is 13.5. The SMILES string of the molecule is CC(C)CNCCCNCc1ccc2n[nH]nc2c1. The van der Waals surface area contributed by atoms with E-state index in [1.807, 2.05) is 6.07 Å². The summed E-state index contributed by atoms with van der Waals surface area (Å²) in [5, 5.41) is 17.7. The Bertz CT molecular complexity index is 491. The van der Waals surface area contributed by atoms with Crippen molar-refractivity contribution in [1.82, 2.24) is 26.0 Å². The molecule has 0 atom stereocenters. The lowest BCUT2D eigenvalue weighted by Gasteiger charge is -2.08. The average molecular weight is 261 g/mol. The highest BCUT2D eigenvalue weighted by molar-refractivity contribution is 5.74. The Balaban J connectivity index is 1.62. The molecule has 19 heavy (non-hydrogen) atoms. The van der Waals surface area contributed by atoms with Crippen LogP contribution in [0.2, 0.25) is 0 Å². The fourth-order valence-corrected chi connectivity index (χ4v) is 1.96. The third-order valence-corrected chi connectivity index (χ3v) is 2.97. The number of hydrogen-bond acceptors (Lipinski definition) is 4. The quantitative estimate of drug-likeness (QED) is 0.633. The van der Waals surface area contributed by atoms with Crippen LogP contribution in [-0.4, -0.2) is 35.0 Å². The largest absolute Gasteiger partial charge is 0.316 e. The minimum absolute atomic E-state index is 0.724. The average Bonchev–Trinajstić information content (AvgIpc) is 2.84. The van der Waals surface area contributed by atoms with Crippen molar-refractivity contribution in [3.8, 4) is 0 Å². The lowest BCUT2D eigenvalue weighted by molar-refractivity contribution is 0.530. The lowest BCUT2D eigenvalue weighted by atomic mass is 10.2. The van der Waals surface area contributed by atoms with Crippen molar-refractivity contribution in [2.45, 2.75) is 26.8 Å². The molecule has 0 spiro atoms. The summed E-state index contributed by atoms with van der Waals surface area (Å²) in [4.78, 5) is 0. The number of aromatic nitrogens is 3. The molecule has 0 aliphatic heterocycles. The van der Waals surface area contributed by atoms with Gasteiger partial charge in [-0.2, -0.15) is 15.4 Å². The van der Waals surface area contributed by atoms with E-state index in [0.29, 0.717) is 0 Å². The monoisotopic (exact) mass is 261 g/mol. The van der Waals surface area contributed by atoms with Crippen molar-refractivity contribution in [1.29, 1.82) is 0 Å². The number of H-pyrrole nitrogens is 1. The van der Waals surface area contributed by atoms with Gasteiger partial charge in [0, 0.05) is 6.54 Å². The normalized spacial score (nSPS) is 11.5. The van der Waals surface area contributed by atoms with Crippen LogP contribution in [0.1, 0.15) is 25.8 Å². The van der Waals surface area contributed by atoms with E-state index in [9.17, 15) is 0 Å². The number of nitrogens with zero attached hydrogens (tertiary/aromatic N) is 2. The van der Waals surface area contributed by atoms with Crippen molar-refractivity contribution in [2.24, 2.45) is 5.92 Å². The second kappa shape index (κ2) is 7.21. The van der Waals surface area contributed by atoms with Crippen molar-refractivity contribution >= 4 is 11.0 Å². The van der Waals surface area contributed by atoms with Crippen LogP contribution < -0.4 is 10.6 Å². The summed E-state index contributed by atoms with van der Waals surface area (Å²) in [5.41, 5.74) is 3.09. The molecular weight excluding hydrogens is 238 g/mol. The van der Waals surface area contributed by atoms with Crippen LogP contribution in [0.15, 0.2) is 18.2 Å². The first-order chi connectivity index (χ1) is 9.25. The highest BCUT2D eigenvalue weighted by atomic mass is 15.3. The Morgan fingerprint density at radius 1 is 1.11 bits per heavy atom. The molecule has 5 heteroatoms. The maximum atomic E-state index is 4.09. The number of benzene rings is 1. The highest BCUT2D eigenvalue weighted by Gasteiger charge is 1.99. The first-order valence-electron chi connectivity index (χ1n) is 6.96. The molecule has 0 aliphatic rings. The summed E-state index contributed by atoms with van der Waals surface area (Å²) in [6.07, 6.45) is 1.15. The van der Waals surface area contributed by atoms with Gasteiger partial charge in [0.1, 0.15) is 11.0 Å². The molecule has 3 N–H and O–H groups in total. The third-order valence-electron chi connectivity index (χ3n) is 2.97. The molecule has 1 aromatic carbocycles. The molecule has 104 valence electrons. The van der Waals surface area contributed by atoms with E-state index >= 15 is 0 Å². The molecule has 5 nitrogen and oxygen atoms in total. The fraction of sp³-hybridized carbons (Fsp3) is 0.571. The predicted octanol–water partition coefficient (Wildman–Crippen LogP) is 1.68. The van der Waals surface area contributed by atoms with Crippen LogP contribution in [0.5, 0.6) is 0 Å². The van der Waals surface area contributed by atoms with E-state index < -0.39 is 0 Å². The van der Waals surface area contributed by atoms with Crippen LogP contribution in [0.3, 0.4) is 0 Å². The summed E-state index contributed by atoms with van der Waals surface area (Å²) in [6, 6.07) is 6.16. The van der Waals surface area contributed by atoms with Gasteiger partial charge in [0.2, 0.25) is 0 Å². The number of rotatable bonds is 8. The second-order valence-corrected chi connectivity index (χ2v) is 5.27. The Morgan fingerprint density at radius 3 is 2.74 bits per heavy atom. The molecule has 2 rings (SSSR count). The Morgan fingerprint density at radius 2 is 1.89 bits per heavy atom. The van der Waals surface area contributed by atoms with Crippen LogP contribution in [0, 0.1) is 5.92 Å². The van der Waals surface area contributed by atoms with Gasteiger partial charge < -0.3 is 10.6 Å². The molecule has 0 radical (unpaired) electrons. The van der Waals surface area contributed by atoms with Gasteiger partial charge in [0.15, 0.2) is 0 Å². The maximum Gasteiger partial charge on any atom is 0.113 e. The molecule has 0 unspecified atom stereocenters. The van der Waals surface area contributed by atoms with Crippen molar-refractivity contribution < 1.29 is 0 Å². The van der Waals surface area contributed by atoms with Gasteiger partial charge in [-0.3, -0.25) is 0 Å². The van der Waals surface area contributed by atoms with E-state index in [-0.39, 0.29) is 0 Å². The van der Waals surface area contributed by atoms with Crippen LogP contribution in [0.25, 0.3) is 11.0 Å². The first-order valence-corrected chi connectivity index (χ1v) is 6.96. The lowest BCUT2D eigenvalue weighted by Crippen LogP contribution is -2.24. The Labute approximate surface area is 114 Å². The van der Waals surface area contributed by atoms with Crippen LogP contribution >= 0.6 is 0 Å². The molecule has 0 saturated heterocycles. The van der Waals surface area contributed by atoms with Gasteiger partial charge in [-0.25, -0.2) is 0 Å². The highest BCUT2D eigenvalue weighted by Crippen LogP contribution is 2.10. The summed E-state index contributed by atoms with van der Waals surface area (Å²) < 4.78 is 0. The van der Waals surface area contributed by atoms with Crippen LogP contribution in [0.4, 0.5) is 0 Å². The first kappa shape index (κ1) is 14.0. The zero-order valence-corrected chi connectivity index (χ0v) is 11.7. The van der Waals surface area contributed by atoms with Gasteiger partial charge in [-0.15, -0.1) is 0 Å². The Hall–Kier alpha value is -1.46. The molecular formula is C14H23N5. The number of hydrogen-bond donors (Lipinski definition) is 3. The molecule has 0 amide bonds. The predicted molar refractivity (Wildman–Crippen MR) is 77.9 cm³/mol. The fourth-order valence-electron chi connectivity index (χ4n) is 1.96. The summed E-state index contributed by atoms with van der Waals surface area (Å²) in [7, 11) is 0. The molecule has 1 aromatic heterocycles. The van der Waals surface area contributed by atoms with Crippen molar-refractivity contribution in [3.05, 3.63) is 23.8 Å². The van der Waals surface area contributed by atoms with Gasteiger partial charge in [0.05, 0.1) is 0 Å². The molecule has 0 aliphatic carbocycles. The minimum atomic E-state index is 0.724. The third kappa shape index (κ3) is 4.61. The van der Waals surface area contributed by atoms with Crippen LogP contribution in [-0.2, 0) is 6.54 Å². The van der Waals surface area contributed by atoms with E-state index in [1.165, 1.54) is 5.56 Å². The topological polar surface area (TPSA) is 65.6 Å².